The van der Waals surface area contributed by atoms with Crippen LogP contribution in [0.1, 0.15) is 26.7 Å². The highest BCUT2D eigenvalue weighted by Gasteiger charge is 2.25. The standard InChI is InChI=1S/C11H20N2O3/c1-7(11(15)16-3)6-12-8(2)10(14)13-9-4-5-9/h7-9,12H,4-6H2,1-3H3,(H,13,14). The van der Waals surface area contributed by atoms with Crippen molar-refractivity contribution in [1.29, 1.82) is 0 Å². The van der Waals surface area contributed by atoms with E-state index in [0.29, 0.717) is 12.6 Å². The number of nitrogens with one attached hydrogen (secondary N) is 2. The van der Waals surface area contributed by atoms with Crippen molar-refractivity contribution in [2.24, 2.45) is 5.92 Å². The Bertz CT molecular complexity index is 264. The molecule has 5 heteroatoms. The van der Waals surface area contributed by atoms with E-state index < -0.39 is 0 Å². The molecule has 1 fully saturated rings. The lowest BCUT2D eigenvalue weighted by Gasteiger charge is -2.16. The van der Waals surface area contributed by atoms with Gasteiger partial charge in [-0.1, -0.05) is 6.92 Å². The molecule has 0 spiro atoms. The Hall–Kier alpha value is -1.10. The fourth-order valence-electron chi connectivity index (χ4n) is 1.28. The van der Waals surface area contributed by atoms with Gasteiger partial charge in [-0.2, -0.15) is 0 Å². The fourth-order valence-corrected chi connectivity index (χ4v) is 1.28. The molecule has 1 rings (SSSR count). The summed E-state index contributed by atoms with van der Waals surface area (Å²) in [5, 5.41) is 5.92. The minimum Gasteiger partial charge on any atom is -0.469 e. The summed E-state index contributed by atoms with van der Waals surface area (Å²) in [5.74, 6) is -0.497. The highest BCUT2D eigenvalue weighted by molar-refractivity contribution is 5.82. The van der Waals surface area contributed by atoms with E-state index in [4.69, 9.17) is 0 Å². The number of hydrogen-bond acceptors (Lipinski definition) is 4. The van der Waals surface area contributed by atoms with Crippen molar-refractivity contribution in [1.82, 2.24) is 10.6 Å². The average Bonchev–Trinajstić information content (AvgIpc) is 3.07. The summed E-state index contributed by atoms with van der Waals surface area (Å²) in [7, 11) is 1.36. The average molecular weight is 228 g/mol. The van der Waals surface area contributed by atoms with Gasteiger partial charge in [0.25, 0.3) is 0 Å². The van der Waals surface area contributed by atoms with Gasteiger partial charge in [-0.15, -0.1) is 0 Å². The van der Waals surface area contributed by atoms with Crippen molar-refractivity contribution in [3.63, 3.8) is 0 Å². The van der Waals surface area contributed by atoms with E-state index in [-0.39, 0.29) is 23.8 Å². The first-order chi connectivity index (χ1) is 7.54. The summed E-state index contributed by atoms with van der Waals surface area (Å²) in [5.41, 5.74) is 0. The lowest BCUT2D eigenvalue weighted by Crippen LogP contribution is -2.45. The first-order valence-corrected chi connectivity index (χ1v) is 5.66. The Kier molecular flexibility index (Phi) is 4.73. The van der Waals surface area contributed by atoms with Gasteiger partial charge < -0.3 is 15.4 Å². The zero-order valence-electron chi connectivity index (χ0n) is 10.1. The molecule has 0 radical (unpaired) electrons. The van der Waals surface area contributed by atoms with Crippen molar-refractivity contribution in [2.45, 2.75) is 38.8 Å². The molecule has 0 bridgehead atoms. The van der Waals surface area contributed by atoms with E-state index in [1.807, 2.05) is 0 Å². The van der Waals surface area contributed by atoms with Crippen LogP contribution in [0.2, 0.25) is 0 Å². The van der Waals surface area contributed by atoms with Gasteiger partial charge in [0.05, 0.1) is 19.1 Å². The summed E-state index contributed by atoms with van der Waals surface area (Å²) in [6.45, 7) is 4.01. The van der Waals surface area contributed by atoms with Gasteiger partial charge in [-0.25, -0.2) is 0 Å². The number of ether oxygens (including phenoxy) is 1. The highest BCUT2D eigenvalue weighted by Crippen LogP contribution is 2.18. The number of amides is 1. The lowest BCUT2D eigenvalue weighted by molar-refractivity contribution is -0.144. The zero-order chi connectivity index (χ0) is 12.1. The van der Waals surface area contributed by atoms with Gasteiger partial charge in [-0.3, -0.25) is 9.59 Å². The van der Waals surface area contributed by atoms with Crippen LogP contribution in [0.3, 0.4) is 0 Å². The van der Waals surface area contributed by atoms with Crippen LogP contribution >= 0.6 is 0 Å². The van der Waals surface area contributed by atoms with Crippen LogP contribution in [0.25, 0.3) is 0 Å². The number of carbonyl (C=O) groups is 2. The van der Waals surface area contributed by atoms with Crippen molar-refractivity contribution in [2.75, 3.05) is 13.7 Å². The molecule has 16 heavy (non-hydrogen) atoms. The number of rotatable bonds is 6. The minimum absolute atomic E-state index is 0.000402. The normalized spacial score (nSPS) is 18.7. The molecule has 1 aliphatic rings. The van der Waals surface area contributed by atoms with Crippen LogP contribution in [-0.2, 0) is 14.3 Å². The monoisotopic (exact) mass is 228 g/mol. The van der Waals surface area contributed by atoms with E-state index in [2.05, 4.69) is 15.4 Å². The molecule has 2 N–H and O–H groups in total. The van der Waals surface area contributed by atoms with Gasteiger partial charge in [0.1, 0.15) is 0 Å². The zero-order valence-corrected chi connectivity index (χ0v) is 10.1. The highest BCUT2D eigenvalue weighted by atomic mass is 16.5. The molecule has 1 amide bonds. The van der Waals surface area contributed by atoms with Crippen LogP contribution in [-0.4, -0.2) is 37.6 Å². The van der Waals surface area contributed by atoms with Crippen LogP contribution in [0.5, 0.6) is 0 Å². The first kappa shape index (κ1) is 13.0. The summed E-state index contributed by atoms with van der Waals surface area (Å²) in [6, 6.07) is 0.0995. The maximum Gasteiger partial charge on any atom is 0.309 e. The molecule has 0 aromatic carbocycles. The molecule has 1 aliphatic carbocycles. The molecule has 0 aromatic heterocycles. The third kappa shape index (κ3) is 4.18. The van der Waals surface area contributed by atoms with Gasteiger partial charge >= 0.3 is 5.97 Å². The molecule has 0 aromatic rings. The minimum atomic E-state index is -0.271. The first-order valence-electron chi connectivity index (χ1n) is 5.66. The largest absolute Gasteiger partial charge is 0.469 e. The van der Waals surface area contributed by atoms with Crippen LogP contribution in [0, 0.1) is 5.92 Å². The van der Waals surface area contributed by atoms with Crippen LogP contribution in [0.15, 0.2) is 0 Å². The summed E-state index contributed by atoms with van der Waals surface area (Å²) in [4.78, 5) is 22.7. The van der Waals surface area contributed by atoms with Crippen molar-refractivity contribution in [3.8, 4) is 0 Å². The van der Waals surface area contributed by atoms with E-state index in [9.17, 15) is 9.59 Å². The Balaban J connectivity index is 2.19. The number of hydrogen-bond donors (Lipinski definition) is 2. The number of esters is 1. The Morgan fingerprint density at radius 1 is 1.38 bits per heavy atom. The maximum absolute atomic E-state index is 11.6. The predicted molar refractivity (Wildman–Crippen MR) is 59.8 cm³/mol. The number of carbonyl (C=O) groups excluding carboxylic acids is 2. The van der Waals surface area contributed by atoms with Crippen molar-refractivity contribution >= 4 is 11.9 Å². The molecule has 1 saturated carbocycles. The fraction of sp³-hybridized carbons (Fsp3) is 0.818. The second kappa shape index (κ2) is 5.84. The molecule has 2 unspecified atom stereocenters. The van der Waals surface area contributed by atoms with Gasteiger partial charge in [0.2, 0.25) is 5.91 Å². The molecule has 0 heterocycles. The van der Waals surface area contributed by atoms with E-state index in [0.717, 1.165) is 12.8 Å². The summed E-state index contributed by atoms with van der Waals surface area (Å²) < 4.78 is 4.60. The number of methoxy groups -OCH3 is 1. The molecule has 0 saturated heterocycles. The Morgan fingerprint density at radius 3 is 2.50 bits per heavy atom. The third-order valence-electron chi connectivity index (χ3n) is 2.65. The maximum atomic E-state index is 11.6. The molecule has 0 aliphatic heterocycles. The van der Waals surface area contributed by atoms with Crippen LogP contribution in [0.4, 0.5) is 0 Å². The van der Waals surface area contributed by atoms with Crippen LogP contribution < -0.4 is 10.6 Å². The second-order valence-corrected chi connectivity index (χ2v) is 4.34. The predicted octanol–water partition coefficient (Wildman–Crippen LogP) is 0.0522. The Morgan fingerprint density at radius 2 is 2.00 bits per heavy atom. The van der Waals surface area contributed by atoms with Gasteiger partial charge in [-0.05, 0) is 19.8 Å². The molecule has 2 atom stereocenters. The van der Waals surface area contributed by atoms with Gasteiger partial charge in [0, 0.05) is 12.6 Å². The summed E-state index contributed by atoms with van der Waals surface area (Å²) in [6.07, 6.45) is 2.16. The van der Waals surface area contributed by atoms with E-state index >= 15 is 0 Å². The van der Waals surface area contributed by atoms with Gasteiger partial charge in [0.15, 0.2) is 0 Å². The van der Waals surface area contributed by atoms with E-state index in [1.54, 1.807) is 13.8 Å². The smallest absolute Gasteiger partial charge is 0.309 e. The SMILES string of the molecule is COC(=O)C(C)CNC(C)C(=O)NC1CC1. The molecular formula is C11H20N2O3. The van der Waals surface area contributed by atoms with Crippen molar-refractivity contribution < 1.29 is 14.3 Å². The molecule has 5 nitrogen and oxygen atoms in total. The topological polar surface area (TPSA) is 67.4 Å². The molecule has 92 valence electrons. The quantitative estimate of drug-likeness (QED) is 0.630. The third-order valence-corrected chi connectivity index (χ3v) is 2.65. The second-order valence-electron chi connectivity index (χ2n) is 4.34. The van der Waals surface area contributed by atoms with Crippen molar-refractivity contribution in [3.05, 3.63) is 0 Å². The lowest BCUT2D eigenvalue weighted by atomic mass is 10.1. The van der Waals surface area contributed by atoms with E-state index in [1.165, 1.54) is 7.11 Å². The summed E-state index contributed by atoms with van der Waals surface area (Å²) >= 11 is 0. The molecular weight excluding hydrogens is 208 g/mol. The Labute approximate surface area is 95.9 Å².